The molecule has 3 nitrogen and oxygen atoms in total. The van der Waals surface area contributed by atoms with E-state index in [1.165, 1.54) is 6.92 Å². The van der Waals surface area contributed by atoms with Gasteiger partial charge in [-0.2, -0.15) is 5.26 Å². The molecule has 1 N–H and O–H groups in total. The van der Waals surface area contributed by atoms with E-state index in [-0.39, 0.29) is 5.91 Å². The Morgan fingerprint density at radius 3 is 2.12 bits per heavy atom. The van der Waals surface area contributed by atoms with Gasteiger partial charge in [0, 0.05) is 19.9 Å². The number of hydrogen-bond acceptors (Lipinski definition) is 2. The van der Waals surface area contributed by atoms with Gasteiger partial charge < -0.3 is 5.32 Å². The molecule has 0 unspecified atom stereocenters. The van der Waals surface area contributed by atoms with Crippen molar-refractivity contribution in [2.45, 2.75) is 13.3 Å². The van der Waals surface area contributed by atoms with Crippen LogP contribution in [0, 0.1) is 11.3 Å². The van der Waals surface area contributed by atoms with Crippen LogP contribution < -0.4 is 5.32 Å². The van der Waals surface area contributed by atoms with E-state index in [9.17, 15) is 4.79 Å². The molecule has 0 saturated carbocycles. The van der Waals surface area contributed by atoms with E-state index >= 15 is 0 Å². The van der Waals surface area contributed by atoms with Crippen LogP contribution in [0.1, 0.15) is 13.3 Å². The highest BCUT2D eigenvalue weighted by Crippen LogP contribution is 1.85. The fourth-order valence-electron chi connectivity index (χ4n) is 0.227. The molecule has 0 bridgehead atoms. The Morgan fingerprint density at radius 2 is 2.12 bits per heavy atom. The highest BCUT2D eigenvalue weighted by atomic mass is 16.2. The summed E-state index contributed by atoms with van der Waals surface area (Å²) in [5.74, 6) is 0.185. The number of nitrogens with zero attached hydrogens (tertiary/aromatic N) is 1. The van der Waals surface area contributed by atoms with Gasteiger partial charge in [-0.25, -0.2) is 0 Å². The van der Waals surface area contributed by atoms with Crippen molar-refractivity contribution in [1.29, 1.82) is 5.26 Å². The first-order chi connectivity index (χ1) is 3.81. The Kier molecular flexibility index (Phi) is 3.59. The maximum Gasteiger partial charge on any atom is 0.221 e. The topological polar surface area (TPSA) is 52.9 Å². The minimum absolute atomic E-state index is 0.185. The van der Waals surface area contributed by atoms with Crippen molar-refractivity contribution in [3.8, 4) is 6.07 Å². The zero-order chi connectivity index (χ0) is 6.41. The summed E-state index contributed by atoms with van der Waals surface area (Å²) in [6.07, 6.45) is 0.736. The molecule has 3 heteroatoms. The van der Waals surface area contributed by atoms with Crippen molar-refractivity contribution in [3.63, 3.8) is 0 Å². The summed E-state index contributed by atoms with van der Waals surface area (Å²) < 4.78 is 0. The van der Waals surface area contributed by atoms with E-state index in [0.717, 1.165) is 13.0 Å². The fourth-order valence-corrected chi connectivity index (χ4v) is 0.227. The highest BCUT2D eigenvalue weighted by Gasteiger charge is 2.07. The Hall–Kier alpha value is -1.04. The summed E-state index contributed by atoms with van der Waals surface area (Å²) in [5, 5.41) is 9.89. The predicted octanol–water partition coefficient (Wildman–Crippen LogP) is 0.0362. The summed E-state index contributed by atoms with van der Waals surface area (Å²) in [7, 11) is 0. The fraction of sp³-hybridized carbons (Fsp3) is 0.600. The van der Waals surface area contributed by atoms with Crippen molar-refractivity contribution >= 4 is 5.91 Å². The van der Waals surface area contributed by atoms with Gasteiger partial charge in [0.25, 0.3) is 0 Å². The normalized spacial score (nSPS) is 13.8. The lowest BCUT2D eigenvalue weighted by atomic mass is 10.3. The molecule has 8 heavy (non-hydrogen) atoms. The largest absolute Gasteiger partial charge is 0.356 e. The van der Waals surface area contributed by atoms with Gasteiger partial charge in [0.1, 0.15) is 0 Å². The summed E-state index contributed by atoms with van der Waals surface area (Å²) >= 11 is 0. The van der Waals surface area contributed by atoms with Gasteiger partial charge in [0.2, 0.25) is 5.91 Å². The Bertz CT molecular complexity index is 108. The van der Waals surface area contributed by atoms with Crippen LogP contribution >= 0.6 is 0 Å². The molecule has 0 radical (unpaired) electrons. The van der Waals surface area contributed by atoms with Gasteiger partial charge in [-0.3, -0.25) is 4.79 Å². The molecule has 0 aromatic heterocycles. The number of β-lactam (4-membered cyclic amide) rings is 1. The Balaban J connectivity index is 0.000000145. The lowest BCUT2D eigenvalue weighted by molar-refractivity contribution is -0.125. The summed E-state index contributed by atoms with van der Waals surface area (Å²) in [6, 6.07) is 1.75. The summed E-state index contributed by atoms with van der Waals surface area (Å²) in [4.78, 5) is 9.79. The van der Waals surface area contributed by atoms with Crippen molar-refractivity contribution in [1.82, 2.24) is 5.32 Å². The molecule has 1 rings (SSSR count). The van der Waals surface area contributed by atoms with E-state index in [0.29, 0.717) is 0 Å². The molecule has 0 atom stereocenters. The maximum atomic E-state index is 9.79. The van der Waals surface area contributed by atoms with Crippen LogP contribution in [0.15, 0.2) is 0 Å². The lowest BCUT2D eigenvalue weighted by Crippen LogP contribution is -2.37. The third-order valence-corrected chi connectivity index (χ3v) is 0.674. The molecule has 1 heterocycles. The number of rotatable bonds is 0. The summed E-state index contributed by atoms with van der Waals surface area (Å²) in [6.45, 7) is 2.32. The average Bonchev–Trinajstić information content (AvgIpc) is 1.64. The molecular weight excluding hydrogens is 104 g/mol. The van der Waals surface area contributed by atoms with Crippen LogP contribution in [0.3, 0.4) is 0 Å². The minimum Gasteiger partial charge on any atom is -0.356 e. The van der Waals surface area contributed by atoms with E-state index < -0.39 is 0 Å². The van der Waals surface area contributed by atoms with E-state index in [4.69, 9.17) is 5.26 Å². The number of nitrogens with one attached hydrogen (secondary N) is 1. The molecule has 0 aliphatic carbocycles. The number of carbonyl (C=O) groups is 1. The van der Waals surface area contributed by atoms with Gasteiger partial charge in [-0.1, -0.05) is 0 Å². The predicted molar refractivity (Wildman–Crippen MR) is 28.9 cm³/mol. The van der Waals surface area contributed by atoms with Crippen LogP contribution in [-0.2, 0) is 4.79 Å². The van der Waals surface area contributed by atoms with Gasteiger partial charge >= 0.3 is 0 Å². The molecular formula is C5H8N2O. The van der Waals surface area contributed by atoms with Crippen LogP contribution in [0.5, 0.6) is 0 Å². The second-order valence-electron chi connectivity index (χ2n) is 1.32. The van der Waals surface area contributed by atoms with Crippen molar-refractivity contribution in [2.75, 3.05) is 6.54 Å². The van der Waals surface area contributed by atoms with Crippen LogP contribution in [0.2, 0.25) is 0 Å². The molecule has 1 aliphatic rings. The molecule has 1 amide bonds. The molecule has 1 saturated heterocycles. The lowest BCUT2D eigenvalue weighted by Gasteiger charge is -2.10. The first-order valence-electron chi connectivity index (χ1n) is 2.38. The van der Waals surface area contributed by atoms with E-state index in [1.807, 2.05) is 0 Å². The van der Waals surface area contributed by atoms with Gasteiger partial charge in [0.05, 0.1) is 6.07 Å². The standard InChI is InChI=1S/C3H5NO.C2H3N/c5-3-1-2-4-3;1-2-3/h1-2H2,(H,4,5);1H3. The number of nitriles is 1. The van der Waals surface area contributed by atoms with Crippen molar-refractivity contribution in [3.05, 3.63) is 0 Å². The molecule has 0 aromatic carbocycles. The molecule has 1 fully saturated rings. The van der Waals surface area contributed by atoms with Gasteiger partial charge in [-0.15, -0.1) is 0 Å². The van der Waals surface area contributed by atoms with Crippen molar-refractivity contribution in [2.24, 2.45) is 0 Å². The van der Waals surface area contributed by atoms with Gasteiger partial charge in [-0.05, 0) is 0 Å². The zero-order valence-electron chi connectivity index (χ0n) is 4.77. The Labute approximate surface area is 48.3 Å². The number of hydrogen-bond donors (Lipinski definition) is 1. The monoisotopic (exact) mass is 112 g/mol. The second-order valence-corrected chi connectivity index (χ2v) is 1.32. The molecule has 44 valence electrons. The van der Waals surface area contributed by atoms with Crippen molar-refractivity contribution < 1.29 is 4.79 Å². The van der Waals surface area contributed by atoms with E-state index in [2.05, 4.69) is 5.32 Å². The maximum absolute atomic E-state index is 9.79. The van der Waals surface area contributed by atoms with E-state index in [1.54, 1.807) is 6.07 Å². The quantitative estimate of drug-likeness (QED) is 0.450. The highest BCUT2D eigenvalue weighted by molar-refractivity contribution is 5.81. The molecule has 0 spiro atoms. The average molecular weight is 112 g/mol. The minimum atomic E-state index is 0.185. The first kappa shape index (κ1) is 6.96. The van der Waals surface area contributed by atoms with Gasteiger partial charge in [0.15, 0.2) is 0 Å². The molecule has 0 aromatic rings. The second kappa shape index (κ2) is 4.13. The number of carbonyl (C=O) groups excluding carboxylic acids is 1. The third-order valence-electron chi connectivity index (χ3n) is 0.674. The zero-order valence-corrected chi connectivity index (χ0v) is 4.77. The van der Waals surface area contributed by atoms with Crippen LogP contribution in [0.25, 0.3) is 0 Å². The Morgan fingerprint density at radius 1 is 1.88 bits per heavy atom. The molecule has 1 aliphatic heterocycles. The third kappa shape index (κ3) is 3.16. The first-order valence-corrected chi connectivity index (χ1v) is 2.38. The van der Waals surface area contributed by atoms with Crippen LogP contribution in [0.4, 0.5) is 0 Å². The SMILES string of the molecule is CC#N.O=C1CCN1. The summed E-state index contributed by atoms with van der Waals surface area (Å²) in [5.41, 5.74) is 0. The van der Waals surface area contributed by atoms with Crippen LogP contribution in [-0.4, -0.2) is 12.5 Å². The number of amides is 1. The smallest absolute Gasteiger partial charge is 0.221 e.